The van der Waals surface area contributed by atoms with E-state index in [2.05, 4.69) is 10.3 Å². The van der Waals surface area contributed by atoms with Crippen LogP contribution in [0.2, 0.25) is 0 Å². The Morgan fingerprint density at radius 1 is 1.40 bits per heavy atom. The molecular formula is C7H7FN2. The molecule has 0 fully saturated rings. The number of hydrogen-bond acceptors (Lipinski definition) is 2. The van der Waals surface area contributed by atoms with Gasteiger partial charge in [0.2, 0.25) is 5.95 Å². The number of nitrogens with one attached hydrogen (secondary N) is 1. The summed E-state index contributed by atoms with van der Waals surface area (Å²) in [7, 11) is 0. The first-order chi connectivity index (χ1) is 4.86. The number of pyridine rings is 1. The molecule has 10 heavy (non-hydrogen) atoms. The summed E-state index contributed by atoms with van der Waals surface area (Å²) in [5.41, 5.74) is 2.15. The Hall–Kier alpha value is -0.960. The van der Waals surface area contributed by atoms with Crippen LogP contribution in [0.4, 0.5) is 4.39 Å². The second kappa shape index (κ2) is 2.02. The maximum absolute atomic E-state index is 12.4. The first-order valence-corrected chi connectivity index (χ1v) is 3.20. The van der Waals surface area contributed by atoms with Gasteiger partial charge < -0.3 is 5.32 Å². The molecule has 1 aliphatic heterocycles. The lowest BCUT2D eigenvalue weighted by atomic mass is 10.2. The molecule has 0 saturated carbocycles. The Kier molecular flexibility index (Phi) is 1.17. The standard InChI is InChI=1S/C7H7FN2/c8-7-1-5-2-9-3-6(5)4-10-7/h1,4,9H,2-3H2. The number of fused-ring (bicyclic) bond motifs is 1. The van der Waals surface area contributed by atoms with E-state index in [1.807, 2.05) is 0 Å². The molecule has 1 aromatic rings. The summed E-state index contributed by atoms with van der Waals surface area (Å²) in [6.07, 6.45) is 1.59. The molecule has 0 atom stereocenters. The maximum Gasteiger partial charge on any atom is 0.213 e. The first kappa shape index (κ1) is 5.80. The van der Waals surface area contributed by atoms with Gasteiger partial charge in [-0.05, 0) is 17.2 Å². The van der Waals surface area contributed by atoms with Gasteiger partial charge in [0.05, 0.1) is 0 Å². The van der Waals surface area contributed by atoms with Gasteiger partial charge >= 0.3 is 0 Å². The maximum atomic E-state index is 12.4. The Bertz CT molecular complexity index is 260. The van der Waals surface area contributed by atoms with Crippen LogP contribution in [0.15, 0.2) is 12.3 Å². The zero-order valence-electron chi connectivity index (χ0n) is 5.39. The van der Waals surface area contributed by atoms with Crippen molar-refractivity contribution in [1.82, 2.24) is 10.3 Å². The quantitative estimate of drug-likeness (QED) is 0.537. The van der Waals surface area contributed by atoms with E-state index < -0.39 is 0 Å². The number of aromatic nitrogens is 1. The molecule has 0 spiro atoms. The van der Waals surface area contributed by atoms with Crippen LogP contribution in [0, 0.1) is 5.95 Å². The second-order valence-corrected chi connectivity index (χ2v) is 2.38. The molecule has 0 amide bonds. The summed E-state index contributed by atoms with van der Waals surface area (Å²) in [4.78, 5) is 3.54. The Labute approximate surface area is 58.1 Å². The molecule has 2 rings (SSSR count). The number of halogens is 1. The molecule has 0 aromatic carbocycles. The van der Waals surface area contributed by atoms with Gasteiger partial charge in [-0.2, -0.15) is 4.39 Å². The molecule has 0 saturated heterocycles. The molecule has 0 aliphatic carbocycles. The molecule has 0 unspecified atom stereocenters. The van der Waals surface area contributed by atoms with E-state index in [0.717, 1.165) is 24.2 Å². The van der Waals surface area contributed by atoms with E-state index in [0.29, 0.717) is 0 Å². The Balaban J connectivity index is 2.52. The lowest BCUT2D eigenvalue weighted by Crippen LogP contribution is -1.99. The van der Waals surface area contributed by atoms with Crippen molar-refractivity contribution in [2.45, 2.75) is 13.1 Å². The van der Waals surface area contributed by atoms with Crippen molar-refractivity contribution >= 4 is 0 Å². The highest BCUT2D eigenvalue weighted by Gasteiger charge is 2.09. The first-order valence-electron chi connectivity index (χ1n) is 3.20. The summed E-state index contributed by atoms with van der Waals surface area (Å²) in [5.74, 6) is -0.387. The van der Waals surface area contributed by atoms with Crippen LogP contribution in [0.3, 0.4) is 0 Å². The molecule has 1 N–H and O–H groups in total. The van der Waals surface area contributed by atoms with Gasteiger partial charge in [-0.25, -0.2) is 4.98 Å². The monoisotopic (exact) mass is 138 g/mol. The normalized spacial score (nSPS) is 15.3. The van der Waals surface area contributed by atoms with E-state index in [-0.39, 0.29) is 5.95 Å². The summed E-state index contributed by atoms with van der Waals surface area (Å²) in [6, 6.07) is 1.48. The topological polar surface area (TPSA) is 24.9 Å². The van der Waals surface area contributed by atoms with Crippen LogP contribution in [0.25, 0.3) is 0 Å². The van der Waals surface area contributed by atoms with Gasteiger partial charge in [0.1, 0.15) is 0 Å². The van der Waals surface area contributed by atoms with E-state index in [1.54, 1.807) is 6.20 Å². The van der Waals surface area contributed by atoms with Crippen LogP contribution < -0.4 is 5.32 Å². The van der Waals surface area contributed by atoms with Crippen LogP contribution in [0.5, 0.6) is 0 Å². The van der Waals surface area contributed by atoms with E-state index >= 15 is 0 Å². The average molecular weight is 138 g/mol. The minimum Gasteiger partial charge on any atom is -0.309 e. The molecule has 2 heterocycles. The largest absolute Gasteiger partial charge is 0.309 e. The fourth-order valence-corrected chi connectivity index (χ4v) is 1.15. The predicted molar refractivity (Wildman–Crippen MR) is 34.7 cm³/mol. The zero-order chi connectivity index (χ0) is 6.97. The fourth-order valence-electron chi connectivity index (χ4n) is 1.15. The van der Waals surface area contributed by atoms with E-state index in [4.69, 9.17) is 0 Å². The Morgan fingerprint density at radius 3 is 3.10 bits per heavy atom. The van der Waals surface area contributed by atoms with E-state index in [9.17, 15) is 4.39 Å². The van der Waals surface area contributed by atoms with Gasteiger partial charge in [0.25, 0.3) is 0 Å². The van der Waals surface area contributed by atoms with Crippen LogP contribution in [0.1, 0.15) is 11.1 Å². The third-order valence-corrected chi connectivity index (χ3v) is 1.68. The highest BCUT2D eigenvalue weighted by atomic mass is 19.1. The van der Waals surface area contributed by atoms with Crippen LogP contribution in [-0.2, 0) is 13.1 Å². The molecule has 0 radical (unpaired) electrons. The van der Waals surface area contributed by atoms with Crippen LogP contribution in [-0.4, -0.2) is 4.98 Å². The predicted octanol–water partition coefficient (Wildman–Crippen LogP) is 0.824. The number of hydrogen-bond donors (Lipinski definition) is 1. The van der Waals surface area contributed by atoms with Crippen molar-refractivity contribution in [2.75, 3.05) is 0 Å². The van der Waals surface area contributed by atoms with Crippen molar-refractivity contribution in [3.8, 4) is 0 Å². The lowest BCUT2D eigenvalue weighted by Gasteiger charge is -1.93. The van der Waals surface area contributed by atoms with Gasteiger partial charge in [-0.1, -0.05) is 0 Å². The third kappa shape index (κ3) is 0.789. The summed E-state index contributed by atoms with van der Waals surface area (Å²) < 4.78 is 12.4. The smallest absolute Gasteiger partial charge is 0.213 e. The van der Waals surface area contributed by atoms with Crippen LogP contribution >= 0.6 is 0 Å². The number of nitrogens with zero attached hydrogens (tertiary/aromatic N) is 1. The van der Waals surface area contributed by atoms with Crippen molar-refractivity contribution < 1.29 is 4.39 Å². The number of rotatable bonds is 0. The molecular weight excluding hydrogens is 131 g/mol. The average Bonchev–Trinajstić information content (AvgIpc) is 2.33. The van der Waals surface area contributed by atoms with Crippen molar-refractivity contribution in [2.24, 2.45) is 0 Å². The lowest BCUT2D eigenvalue weighted by molar-refractivity contribution is 0.581. The van der Waals surface area contributed by atoms with Gasteiger partial charge in [-0.3, -0.25) is 0 Å². The van der Waals surface area contributed by atoms with Gasteiger partial charge in [-0.15, -0.1) is 0 Å². The van der Waals surface area contributed by atoms with Crippen molar-refractivity contribution in [1.29, 1.82) is 0 Å². The molecule has 2 nitrogen and oxygen atoms in total. The fraction of sp³-hybridized carbons (Fsp3) is 0.286. The third-order valence-electron chi connectivity index (χ3n) is 1.68. The molecule has 52 valence electrons. The highest BCUT2D eigenvalue weighted by molar-refractivity contribution is 5.26. The van der Waals surface area contributed by atoms with Gasteiger partial charge in [0, 0.05) is 19.3 Å². The van der Waals surface area contributed by atoms with Crippen molar-refractivity contribution in [3.05, 3.63) is 29.3 Å². The SMILES string of the molecule is Fc1cc2c(cn1)CNC2. The minimum atomic E-state index is -0.387. The minimum absolute atomic E-state index is 0.387. The summed E-state index contributed by atoms with van der Waals surface area (Å²) in [5, 5.41) is 3.11. The van der Waals surface area contributed by atoms with Crippen molar-refractivity contribution in [3.63, 3.8) is 0 Å². The highest BCUT2D eigenvalue weighted by Crippen LogP contribution is 2.13. The second-order valence-electron chi connectivity index (χ2n) is 2.38. The molecule has 1 aliphatic rings. The summed E-state index contributed by atoms with van der Waals surface area (Å²) in [6.45, 7) is 1.59. The van der Waals surface area contributed by atoms with Gasteiger partial charge in [0.15, 0.2) is 0 Å². The van der Waals surface area contributed by atoms with E-state index in [1.165, 1.54) is 6.07 Å². The Morgan fingerprint density at radius 2 is 2.20 bits per heavy atom. The molecule has 0 bridgehead atoms. The summed E-state index contributed by atoms with van der Waals surface area (Å²) >= 11 is 0. The molecule has 1 aromatic heterocycles. The molecule has 3 heteroatoms. The zero-order valence-corrected chi connectivity index (χ0v) is 5.39.